The van der Waals surface area contributed by atoms with E-state index in [0.717, 1.165) is 24.9 Å². The van der Waals surface area contributed by atoms with Crippen LogP contribution < -0.4 is 21.3 Å². The third-order valence-electron chi connectivity index (χ3n) is 5.51. The molecule has 7 nitrogen and oxygen atoms in total. The molecule has 170 valence electrons. The van der Waals surface area contributed by atoms with E-state index in [1.54, 1.807) is 48.5 Å². The number of rotatable bonds is 9. The minimum absolute atomic E-state index is 0.0481. The summed E-state index contributed by atoms with van der Waals surface area (Å²) in [6.07, 6.45) is 6.58. The van der Waals surface area contributed by atoms with E-state index in [-0.39, 0.29) is 30.3 Å². The summed E-state index contributed by atoms with van der Waals surface area (Å²) in [6.45, 7) is 2.72. The average Bonchev–Trinajstić information content (AvgIpc) is 2.82. The van der Waals surface area contributed by atoms with Crippen molar-refractivity contribution in [3.05, 3.63) is 59.7 Å². The Morgan fingerprint density at radius 1 is 0.812 bits per heavy atom. The third-order valence-corrected chi connectivity index (χ3v) is 5.51. The summed E-state index contributed by atoms with van der Waals surface area (Å²) in [5.41, 5.74) is 2.56. The molecule has 1 aliphatic carbocycles. The Labute approximate surface area is 189 Å². The number of hydrogen-bond acceptors (Lipinski definition) is 4. The molecule has 0 unspecified atom stereocenters. The minimum Gasteiger partial charge on any atom is -0.376 e. The molecule has 3 rings (SSSR count). The van der Waals surface area contributed by atoms with E-state index in [1.165, 1.54) is 19.3 Å². The summed E-state index contributed by atoms with van der Waals surface area (Å²) < 4.78 is 0. The number of carbonyl (C=O) groups excluding carboxylic acids is 3. The van der Waals surface area contributed by atoms with Crippen LogP contribution in [0.5, 0.6) is 0 Å². The molecule has 1 fully saturated rings. The highest BCUT2D eigenvalue weighted by atomic mass is 16.2. The molecule has 0 saturated heterocycles. The van der Waals surface area contributed by atoms with Crippen LogP contribution in [0.4, 0.5) is 11.4 Å². The number of carbonyl (C=O) groups is 3. The highest BCUT2D eigenvalue weighted by Crippen LogP contribution is 2.18. The van der Waals surface area contributed by atoms with Crippen LogP contribution in [0.2, 0.25) is 0 Å². The number of hydrogen-bond donors (Lipinski definition) is 4. The molecule has 1 aliphatic rings. The fourth-order valence-corrected chi connectivity index (χ4v) is 3.69. The Bertz CT molecular complexity index is 904. The van der Waals surface area contributed by atoms with E-state index in [1.807, 2.05) is 6.92 Å². The second-order valence-corrected chi connectivity index (χ2v) is 8.12. The Morgan fingerprint density at radius 2 is 1.41 bits per heavy atom. The normalized spacial score (nSPS) is 13.8. The lowest BCUT2D eigenvalue weighted by atomic mass is 9.95. The maximum absolute atomic E-state index is 12.4. The number of anilines is 2. The van der Waals surface area contributed by atoms with Gasteiger partial charge in [0.1, 0.15) is 0 Å². The van der Waals surface area contributed by atoms with Gasteiger partial charge in [-0.3, -0.25) is 14.4 Å². The minimum atomic E-state index is -0.202. The maximum atomic E-state index is 12.4. The van der Waals surface area contributed by atoms with Crippen molar-refractivity contribution in [2.45, 2.75) is 51.5 Å². The van der Waals surface area contributed by atoms with Gasteiger partial charge in [-0.15, -0.1) is 0 Å². The lowest BCUT2D eigenvalue weighted by Crippen LogP contribution is -2.36. The first-order valence-corrected chi connectivity index (χ1v) is 11.4. The van der Waals surface area contributed by atoms with Crippen LogP contribution in [-0.2, 0) is 4.79 Å². The molecular weight excluding hydrogens is 404 g/mol. The average molecular weight is 437 g/mol. The first-order valence-electron chi connectivity index (χ1n) is 11.4. The SMILES string of the molecule is CCCNC(=O)c1ccc(NC(=O)CNc2ccc(C(=O)NC3CCCCC3)cc2)cc1. The summed E-state index contributed by atoms with van der Waals surface area (Å²) >= 11 is 0. The van der Waals surface area contributed by atoms with Gasteiger partial charge in [0.25, 0.3) is 11.8 Å². The van der Waals surface area contributed by atoms with Gasteiger partial charge in [0.15, 0.2) is 0 Å². The highest BCUT2D eigenvalue weighted by Gasteiger charge is 2.16. The summed E-state index contributed by atoms with van der Waals surface area (Å²) in [5.74, 6) is -0.373. The maximum Gasteiger partial charge on any atom is 0.251 e. The smallest absolute Gasteiger partial charge is 0.251 e. The summed E-state index contributed by atoms with van der Waals surface area (Å²) in [4.78, 5) is 36.5. The van der Waals surface area contributed by atoms with Gasteiger partial charge in [0, 0.05) is 35.1 Å². The van der Waals surface area contributed by atoms with Crippen LogP contribution in [0.25, 0.3) is 0 Å². The molecule has 3 amide bonds. The van der Waals surface area contributed by atoms with E-state index in [2.05, 4.69) is 21.3 Å². The van der Waals surface area contributed by atoms with Crippen molar-refractivity contribution < 1.29 is 14.4 Å². The molecule has 0 atom stereocenters. The number of benzene rings is 2. The predicted molar refractivity (Wildman–Crippen MR) is 127 cm³/mol. The molecule has 32 heavy (non-hydrogen) atoms. The van der Waals surface area contributed by atoms with Crippen molar-refractivity contribution in [3.8, 4) is 0 Å². The molecule has 1 saturated carbocycles. The summed E-state index contributed by atoms with van der Waals surface area (Å²) in [6, 6.07) is 14.2. The summed E-state index contributed by atoms with van der Waals surface area (Å²) in [7, 11) is 0. The Kier molecular flexibility index (Phi) is 8.66. The monoisotopic (exact) mass is 436 g/mol. The Morgan fingerprint density at radius 3 is 2.03 bits per heavy atom. The van der Waals surface area contributed by atoms with Crippen molar-refractivity contribution in [3.63, 3.8) is 0 Å². The molecule has 0 aromatic heterocycles. The molecule has 0 spiro atoms. The van der Waals surface area contributed by atoms with E-state index in [0.29, 0.717) is 23.4 Å². The molecule has 0 radical (unpaired) electrons. The zero-order chi connectivity index (χ0) is 22.8. The van der Waals surface area contributed by atoms with Crippen molar-refractivity contribution in [1.29, 1.82) is 0 Å². The molecule has 7 heteroatoms. The molecular formula is C25H32N4O3. The van der Waals surface area contributed by atoms with Crippen LogP contribution in [0.15, 0.2) is 48.5 Å². The van der Waals surface area contributed by atoms with Crippen molar-refractivity contribution in [1.82, 2.24) is 10.6 Å². The van der Waals surface area contributed by atoms with Gasteiger partial charge in [-0.25, -0.2) is 0 Å². The molecule has 0 bridgehead atoms. The van der Waals surface area contributed by atoms with Gasteiger partial charge in [-0.05, 0) is 67.8 Å². The van der Waals surface area contributed by atoms with Crippen molar-refractivity contribution in [2.75, 3.05) is 23.7 Å². The van der Waals surface area contributed by atoms with Gasteiger partial charge in [-0.1, -0.05) is 26.2 Å². The lowest BCUT2D eigenvalue weighted by Gasteiger charge is -2.22. The van der Waals surface area contributed by atoms with Gasteiger partial charge < -0.3 is 21.3 Å². The number of amides is 3. The number of nitrogens with one attached hydrogen (secondary N) is 4. The zero-order valence-corrected chi connectivity index (χ0v) is 18.6. The second-order valence-electron chi connectivity index (χ2n) is 8.12. The molecule has 2 aromatic carbocycles. The second kappa shape index (κ2) is 11.9. The largest absolute Gasteiger partial charge is 0.376 e. The first kappa shape index (κ1) is 23.3. The molecule has 0 heterocycles. The van der Waals surface area contributed by atoms with E-state index < -0.39 is 0 Å². The van der Waals surface area contributed by atoms with E-state index in [4.69, 9.17) is 0 Å². The van der Waals surface area contributed by atoms with Crippen LogP contribution in [0.3, 0.4) is 0 Å². The van der Waals surface area contributed by atoms with Gasteiger partial charge in [-0.2, -0.15) is 0 Å². The van der Waals surface area contributed by atoms with Crippen LogP contribution in [0.1, 0.15) is 66.2 Å². The zero-order valence-electron chi connectivity index (χ0n) is 18.6. The third kappa shape index (κ3) is 7.11. The lowest BCUT2D eigenvalue weighted by molar-refractivity contribution is -0.114. The molecule has 4 N–H and O–H groups in total. The molecule has 2 aromatic rings. The van der Waals surface area contributed by atoms with Crippen molar-refractivity contribution >= 4 is 29.1 Å². The topological polar surface area (TPSA) is 99.3 Å². The van der Waals surface area contributed by atoms with Gasteiger partial charge in [0.05, 0.1) is 6.54 Å². The van der Waals surface area contributed by atoms with Gasteiger partial charge >= 0.3 is 0 Å². The fourth-order valence-electron chi connectivity index (χ4n) is 3.69. The van der Waals surface area contributed by atoms with Crippen LogP contribution in [0, 0.1) is 0 Å². The quantitative estimate of drug-likeness (QED) is 0.478. The van der Waals surface area contributed by atoms with Gasteiger partial charge in [0.2, 0.25) is 5.91 Å². The van der Waals surface area contributed by atoms with E-state index in [9.17, 15) is 14.4 Å². The molecule has 0 aliphatic heterocycles. The highest BCUT2D eigenvalue weighted by molar-refractivity contribution is 5.97. The standard InChI is InChI=1S/C25H32N4O3/c1-2-16-26-24(31)18-10-14-22(15-11-18)28-23(30)17-27-20-12-8-19(9-13-20)25(32)29-21-6-4-3-5-7-21/h8-15,21,27H,2-7,16-17H2,1H3,(H,26,31)(H,28,30)(H,29,32). The first-order chi connectivity index (χ1) is 15.5. The predicted octanol–water partition coefficient (Wildman–Crippen LogP) is 3.94. The Hall–Kier alpha value is -3.35. The van der Waals surface area contributed by atoms with Crippen LogP contribution in [-0.4, -0.2) is 36.9 Å². The Balaban J connectivity index is 1.43. The van der Waals surface area contributed by atoms with E-state index >= 15 is 0 Å². The fraction of sp³-hybridized carbons (Fsp3) is 0.400. The summed E-state index contributed by atoms with van der Waals surface area (Å²) in [5, 5.41) is 11.8. The van der Waals surface area contributed by atoms with Crippen LogP contribution >= 0.6 is 0 Å². The van der Waals surface area contributed by atoms with Crippen molar-refractivity contribution in [2.24, 2.45) is 0 Å².